The smallest absolute Gasteiger partial charge is 0.408 e. The molecule has 0 bridgehead atoms. The molecule has 10 heteroatoms. The van der Waals surface area contributed by atoms with Crippen LogP contribution < -0.4 is 10.6 Å². The van der Waals surface area contributed by atoms with E-state index in [0.717, 1.165) is 0 Å². The number of rotatable bonds is 7. The van der Waals surface area contributed by atoms with Gasteiger partial charge in [0.25, 0.3) is 0 Å². The Morgan fingerprint density at radius 2 is 1.90 bits per heavy atom. The molecule has 2 aromatic rings. The lowest BCUT2D eigenvalue weighted by molar-refractivity contribution is -0.142. The van der Waals surface area contributed by atoms with Crippen molar-refractivity contribution in [2.24, 2.45) is 0 Å². The number of esters is 1. The zero-order valence-electron chi connectivity index (χ0n) is 17.6. The molecule has 2 rings (SSSR count). The average molecular weight is 426 g/mol. The van der Waals surface area contributed by atoms with Crippen molar-refractivity contribution in [1.82, 2.24) is 20.3 Å². The molecule has 0 saturated carbocycles. The second-order valence-electron chi connectivity index (χ2n) is 8.22. The van der Waals surface area contributed by atoms with Crippen molar-refractivity contribution in [3.05, 3.63) is 17.0 Å². The fraction of sp³-hybridized carbons (Fsp3) is 0.579. The number of halogens is 1. The number of nitrogens with zero attached hydrogens (tertiary/aromatic N) is 2. The standard InChI is InChI=1S/C19H28ClN5O4/c1-7-28-14(26)9-13-22-11-8-12(20)23-16(15(11)24-13)21-10-19(5,6)25-17(27)29-18(2,3)4/h8H,7,9-10H2,1-6H3,(H,21,23)(H,22,24)(H,25,27). The van der Waals surface area contributed by atoms with Crippen LogP contribution in [0.15, 0.2) is 6.07 Å². The van der Waals surface area contributed by atoms with Gasteiger partial charge in [0.05, 0.1) is 17.7 Å². The molecule has 0 aliphatic carbocycles. The van der Waals surface area contributed by atoms with Crippen molar-refractivity contribution in [3.8, 4) is 0 Å². The Hall–Kier alpha value is -2.55. The van der Waals surface area contributed by atoms with Crippen LogP contribution in [0.2, 0.25) is 5.15 Å². The van der Waals surface area contributed by atoms with Crippen molar-refractivity contribution in [2.75, 3.05) is 18.5 Å². The molecule has 160 valence electrons. The average Bonchev–Trinajstić information content (AvgIpc) is 2.92. The maximum Gasteiger partial charge on any atom is 0.408 e. The first kappa shape index (κ1) is 22.7. The molecule has 3 N–H and O–H groups in total. The summed E-state index contributed by atoms with van der Waals surface area (Å²) in [7, 11) is 0. The van der Waals surface area contributed by atoms with Gasteiger partial charge in [-0.3, -0.25) is 4.79 Å². The molecule has 2 heterocycles. The highest BCUT2D eigenvalue weighted by Gasteiger charge is 2.25. The number of fused-ring (bicyclic) bond motifs is 1. The van der Waals surface area contributed by atoms with Crippen molar-refractivity contribution in [2.45, 2.75) is 59.1 Å². The minimum absolute atomic E-state index is 0.0191. The van der Waals surface area contributed by atoms with Crippen LogP contribution in [0.5, 0.6) is 0 Å². The lowest BCUT2D eigenvalue weighted by atomic mass is 10.1. The number of aromatic nitrogens is 3. The van der Waals surface area contributed by atoms with Gasteiger partial charge in [-0.05, 0) is 41.5 Å². The first-order valence-corrected chi connectivity index (χ1v) is 9.72. The highest BCUT2D eigenvalue weighted by Crippen LogP contribution is 2.24. The third kappa shape index (κ3) is 7.08. The van der Waals surface area contributed by atoms with Gasteiger partial charge in [-0.15, -0.1) is 0 Å². The van der Waals surface area contributed by atoms with Gasteiger partial charge in [-0.25, -0.2) is 14.8 Å². The van der Waals surface area contributed by atoms with Crippen molar-refractivity contribution in [3.63, 3.8) is 0 Å². The molecule has 2 aromatic heterocycles. The molecular weight excluding hydrogens is 398 g/mol. The molecular formula is C19H28ClN5O4. The lowest BCUT2D eigenvalue weighted by Gasteiger charge is -2.29. The molecule has 0 radical (unpaired) electrons. The molecule has 0 atom stereocenters. The number of carbonyl (C=O) groups excluding carboxylic acids is 2. The zero-order chi connectivity index (χ0) is 21.8. The van der Waals surface area contributed by atoms with Crippen LogP contribution >= 0.6 is 11.6 Å². The first-order chi connectivity index (χ1) is 13.4. The first-order valence-electron chi connectivity index (χ1n) is 9.34. The van der Waals surface area contributed by atoms with E-state index >= 15 is 0 Å². The summed E-state index contributed by atoms with van der Waals surface area (Å²) in [5, 5.41) is 6.25. The number of H-pyrrole nitrogens is 1. The number of imidazole rings is 1. The van der Waals surface area contributed by atoms with E-state index in [4.69, 9.17) is 21.1 Å². The summed E-state index contributed by atoms with van der Waals surface area (Å²) in [5.74, 6) is 0.525. The maximum atomic E-state index is 12.1. The van der Waals surface area contributed by atoms with Gasteiger partial charge in [-0.2, -0.15) is 0 Å². The molecule has 1 amide bonds. The van der Waals surface area contributed by atoms with Crippen LogP contribution in [0.3, 0.4) is 0 Å². The Morgan fingerprint density at radius 3 is 2.52 bits per heavy atom. The van der Waals surface area contributed by atoms with E-state index in [9.17, 15) is 9.59 Å². The van der Waals surface area contributed by atoms with Gasteiger partial charge in [0, 0.05) is 12.6 Å². The van der Waals surface area contributed by atoms with E-state index in [1.54, 1.807) is 33.8 Å². The number of nitrogens with one attached hydrogen (secondary N) is 3. The Bertz CT molecular complexity index is 889. The predicted octanol–water partition coefficient (Wildman–Crippen LogP) is 3.43. The third-order valence-corrected chi connectivity index (χ3v) is 3.84. The predicted molar refractivity (Wildman–Crippen MR) is 111 cm³/mol. The number of carbonyl (C=O) groups is 2. The summed E-state index contributed by atoms with van der Waals surface area (Å²) in [6.45, 7) is 11.5. The van der Waals surface area contributed by atoms with Crippen LogP contribution in [-0.4, -0.2) is 51.3 Å². The summed E-state index contributed by atoms with van der Waals surface area (Å²) >= 11 is 6.12. The summed E-state index contributed by atoms with van der Waals surface area (Å²) < 4.78 is 10.3. The van der Waals surface area contributed by atoms with E-state index < -0.39 is 17.2 Å². The van der Waals surface area contributed by atoms with Gasteiger partial charge < -0.3 is 25.1 Å². The molecule has 0 unspecified atom stereocenters. The summed E-state index contributed by atoms with van der Waals surface area (Å²) in [4.78, 5) is 35.5. The number of aromatic amines is 1. The Labute approximate surface area is 174 Å². The molecule has 0 aliphatic rings. The largest absolute Gasteiger partial charge is 0.466 e. The van der Waals surface area contributed by atoms with Crippen LogP contribution in [0, 0.1) is 0 Å². The molecule has 0 saturated heterocycles. The molecule has 0 spiro atoms. The van der Waals surface area contributed by atoms with Crippen LogP contribution in [-0.2, 0) is 20.7 Å². The van der Waals surface area contributed by atoms with Gasteiger partial charge in [0.2, 0.25) is 0 Å². The molecule has 0 aromatic carbocycles. The van der Waals surface area contributed by atoms with E-state index in [1.807, 2.05) is 13.8 Å². The number of amides is 1. The molecule has 9 nitrogen and oxygen atoms in total. The number of pyridine rings is 1. The van der Waals surface area contributed by atoms with Gasteiger partial charge in [-0.1, -0.05) is 11.6 Å². The van der Waals surface area contributed by atoms with Gasteiger partial charge in [0.1, 0.15) is 28.5 Å². The number of ether oxygens (including phenoxy) is 2. The Kier molecular flexibility index (Phi) is 6.94. The second-order valence-corrected chi connectivity index (χ2v) is 8.61. The van der Waals surface area contributed by atoms with Gasteiger partial charge >= 0.3 is 12.1 Å². The van der Waals surface area contributed by atoms with E-state index in [2.05, 4.69) is 25.6 Å². The highest BCUT2D eigenvalue weighted by molar-refractivity contribution is 6.30. The maximum absolute atomic E-state index is 12.1. The van der Waals surface area contributed by atoms with Crippen LogP contribution in [0.4, 0.5) is 10.6 Å². The summed E-state index contributed by atoms with van der Waals surface area (Å²) in [6.07, 6.45) is -0.490. The topological polar surface area (TPSA) is 118 Å². The van der Waals surface area contributed by atoms with E-state index in [1.165, 1.54) is 0 Å². The number of anilines is 1. The quantitative estimate of drug-likeness (QED) is 0.459. The SMILES string of the molecule is CCOC(=O)Cc1nc2c(NCC(C)(C)NC(=O)OC(C)(C)C)nc(Cl)cc2[nH]1. The van der Waals surface area contributed by atoms with Crippen molar-refractivity contribution in [1.29, 1.82) is 0 Å². The van der Waals surface area contributed by atoms with E-state index in [-0.39, 0.29) is 17.5 Å². The minimum Gasteiger partial charge on any atom is -0.466 e. The Balaban J connectivity index is 2.13. The van der Waals surface area contributed by atoms with E-state index in [0.29, 0.717) is 35.8 Å². The monoisotopic (exact) mass is 425 g/mol. The zero-order valence-corrected chi connectivity index (χ0v) is 18.4. The second kappa shape index (κ2) is 8.86. The molecule has 0 fully saturated rings. The number of hydrogen-bond donors (Lipinski definition) is 3. The minimum atomic E-state index is -0.636. The van der Waals surface area contributed by atoms with Crippen LogP contribution in [0.25, 0.3) is 11.0 Å². The third-order valence-electron chi connectivity index (χ3n) is 3.64. The fourth-order valence-electron chi connectivity index (χ4n) is 2.52. The molecule has 0 aliphatic heterocycles. The van der Waals surface area contributed by atoms with Crippen LogP contribution in [0.1, 0.15) is 47.4 Å². The Morgan fingerprint density at radius 1 is 1.21 bits per heavy atom. The normalized spacial score (nSPS) is 12.0. The fourth-order valence-corrected chi connectivity index (χ4v) is 2.71. The van der Waals surface area contributed by atoms with Crippen molar-refractivity contribution < 1.29 is 19.1 Å². The lowest BCUT2D eigenvalue weighted by Crippen LogP contribution is -2.50. The highest BCUT2D eigenvalue weighted by atomic mass is 35.5. The molecule has 29 heavy (non-hydrogen) atoms. The summed E-state index contributed by atoms with van der Waals surface area (Å²) in [6, 6.07) is 1.63. The number of hydrogen-bond acceptors (Lipinski definition) is 7. The van der Waals surface area contributed by atoms with Crippen molar-refractivity contribution >= 4 is 40.5 Å². The number of alkyl carbamates (subject to hydrolysis) is 1. The summed E-state index contributed by atoms with van der Waals surface area (Å²) in [5.41, 5.74) is -0.0343. The van der Waals surface area contributed by atoms with Gasteiger partial charge in [0.15, 0.2) is 5.82 Å².